The number of aliphatic imine (C=N–C) groups is 1. The van der Waals surface area contributed by atoms with Crippen molar-refractivity contribution in [3.05, 3.63) is 11.8 Å². The third kappa shape index (κ3) is 3.06. The molecule has 1 aliphatic heterocycles. The first-order valence-corrected chi connectivity index (χ1v) is 5.25. The summed E-state index contributed by atoms with van der Waals surface area (Å²) in [6.07, 6.45) is 2.87. The summed E-state index contributed by atoms with van der Waals surface area (Å²) >= 11 is 1.34. The zero-order valence-electron chi connectivity index (χ0n) is 8.28. The van der Waals surface area contributed by atoms with Gasteiger partial charge in [-0.1, -0.05) is 11.8 Å². The molecule has 0 saturated heterocycles. The van der Waals surface area contributed by atoms with Crippen LogP contribution in [0.4, 0.5) is 0 Å². The summed E-state index contributed by atoms with van der Waals surface area (Å²) in [7, 11) is 2.98. The smallest absolute Gasteiger partial charge is 0.316 e. The lowest BCUT2D eigenvalue weighted by Gasteiger charge is -2.12. The highest BCUT2D eigenvalue weighted by atomic mass is 32.2. The molecule has 14 heavy (non-hydrogen) atoms. The Labute approximate surface area is 87.4 Å². The van der Waals surface area contributed by atoms with E-state index in [-0.39, 0.29) is 11.7 Å². The molecule has 0 aromatic rings. The molecule has 0 atom stereocenters. The highest BCUT2D eigenvalue weighted by molar-refractivity contribution is 8.14. The maximum absolute atomic E-state index is 10.9. The van der Waals surface area contributed by atoms with E-state index in [0.717, 1.165) is 23.8 Å². The highest BCUT2D eigenvalue weighted by Gasteiger charge is 2.13. The monoisotopic (exact) mass is 215 g/mol. The SMILES string of the molecule is COC(=O)CSC1=NCCC=C1OC. The van der Waals surface area contributed by atoms with Gasteiger partial charge in [-0.25, -0.2) is 0 Å². The fourth-order valence-electron chi connectivity index (χ4n) is 1.00. The summed E-state index contributed by atoms with van der Waals surface area (Å²) < 4.78 is 9.66. The summed E-state index contributed by atoms with van der Waals surface area (Å²) in [4.78, 5) is 15.2. The molecule has 1 heterocycles. The Morgan fingerprint density at radius 2 is 2.43 bits per heavy atom. The Kier molecular flexibility index (Phi) is 4.52. The minimum Gasteiger partial charge on any atom is -0.494 e. The van der Waals surface area contributed by atoms with Gasteiger partial charge in [-0.15, -0.1) is 0 Å². The molecule has 0 amide bonds. The fraction of sp³-hybridized carbons (Fsp3) is 0.556. The molecule has 1 rings (SSSR count). The lowest BCUT2D eigenvalue weighted by Crippen LogP contribution is -2.11. The van der Waals surface area contributed by atoms with Crippen molar-refractivity contribution in [3.8, 4) is 0 Å². The molecule has 1 aliphatic rings. The van der Waals surface area contributed by atoms with E-state index in [9.17, 15) is 4.79 Å². The summed E-state index contributed by atoms with van der Waals surface area (Å²) in [5.41, 5.74) is 0. The van der Waals surface area contributed by atoms with E-state index >= 15 is 0 Å². The van der Waals surface area contributed by atoms with E-state index in [1.807, 2.05) is 6.08 Å². The fourth-order valence-corrected chi connectivity index (χ4v) is 1.86. The van der Waals surface area contributed by atoms with Crippen LogP contribution in [0.25, 0.3) is 0 Å². The van der Waals surface area contributed by atoms with Crippen molar-refractivity contribution >= 4 is 22.8 Å². The maximum atomic E-state index is 10.9. The van der Waals surface area contributed by atoms with Crippen LogP contribution in [0, 0.1) is 0 Å². The van der Waals surface area contributed by atoms with Crippen LogP contribution in [0.5, 0.6) is 0 Å². The Hall–Kier alpha value is -0.970. The van der Waals surface area contributed by atoms with Gasteiger partial charge in [-0.3, -0.25) is 9.79 Å². The van der Waals surface area contributed by atoms with Gasteiger partial charge in [-0.05, 0) is 12.5 Å². The predicted octanol–water partition coefficient (Wildman–Crippen LogP) is 1.23. The zero-order chi connectivity index (χ0) is 10.4. The predicted molar refractivity (Wildman–Crippen MR) is 56.5 cm³/mol. The van der Waals surface area contributed by atoms with Crippen LogP contribution < -0.4 is 0 Å². The van der Waals surface area contributed by atoms with Crippen LogP contribution in [0.2, 0.25) is 0 Å². The summed E-state index contributed by atoms with van der Waals surface area (Å²) in [5, 5.41) is 0.782. The number of dihydropyridines is 1. The van der Waals surface area contributed by atoms with Crippen molar-refractivity contribution in [1.82, 2.24) is 0 Å². The second-order valence-corrected chi connectivity index (χ2v) is 3.58. The molecule has 0 fully saturated rings. The number of carbonyl (C=O) groups is 1. The molecular weight excluding hydrogens is 202 g/mol. The van der Waals surface area contributed by atoms with Crippen LogP contribution >= 0.6 is 11.8 Å². The number of ether oxygens (including phenoxy) is 2. The number of esters is 1. The normalized spacial score (nSPS) is 15.6. The van der Waals surface area contributed by atoms with Crippen LogP contribution in [-0.4, -0.2) is 37.5 Å². The number of methoxy groups -OCH3 is 2. The van der Waals surface area contributed by atoms with Crippen LogP contribution in [0.15, 0.2) is 16.8 Å². The van der Waals surface area contributed by atoms with E-state index in [4.69, 9.17) is 4.74 Å². The first-order valence-electron chi connectivity index (χ1n) is 4.26. The molecular formula is C9H13NO3S. The van der Waals surface area contributed by atoms with Gasteiger partial charge in [0.25, 0.3) is 0 Å². The van der Waals surface area contributed by atoms with Crippen molar-refractivity contribution in [3.63, 3.8) is 0 Å². The molecule has 4 nitrogen and oxygen atoms in total. The van der Waals surface area contributed by atoms with Gasteiger partial charge >= 0.3 is 5.97 Å². The lowest BCUT2D eigenvalue weighted by molar-refractivity contribution is -0.137. The average molecular weight is 215 g/mol. The van der Waals surface area contributed by atoms with E-state index < -0.39 is 0 Å². The van der Waals surface area contributed by atoms with Crippen molar-refractivity contribution in [1.29, 1.82) is 0 Å². The van der Waals surface area contributed by atoms with Gasteiger partial charge in [0.05, 0.1) is 20.0 Å². The van der Waals surface area contributed by atoms with Gasteiger partial charge in [0.2, 0.25) is 0 Å². The van der Waals surface area contributed by atoms with Crippen molar-refractivity contribution in [2.24, 2.45) is 4.99 Å². The molecule has 5 heteroatoms. The summed E-state index contributed by atoms with van der Waals surface area (Å²) in [6, 6.07) is 0. The molecule has 0 spiro atoms. The third-order valence-corrected chi connectivity index (χ3v) is 2.68. The Morgan fingerprint density at radius 3 is 3.07 bits per heavy atom. The largest absolute Gasteiger partial charge is 0.494 e. The second-order valence-electron chi connectivity index (χ2n) is 2.61. The molecule has 78 valence electrons. The van der Waals surface area contributed by atoms with E-state index in [2.05, 4.69) is 9.73 Å². The molecule has 0 radical (unpaired) electrons. The van der Waals surface area contributed by atoms with E-state index in [1.54, 1.807) is 7.11 Å². The highest BCUT2D eigenvalue weighted by Crippen LogP contribution is 2.18. The Balaban J connectivity index is 2.47. The summed E-state index contributed by atoms with van der Waals surface area (Å²) in [6.45, 7) is 0.760. The number of carbonyl (C=O) groups excluding carboxylic acids is 1. The van der Waals surface area contributed by atoms with Crippen LogP contribution in [-0.2, 0) is 14.3 Å². The molecule has 0 bridgehead atoms. The lowest BCUT2D eigenvalue weighted by atomic mass is 10.3. The van der Waals surface area contributed by atoms with Crippen LogP contribution in [0.3, 0.4) is 0 Å². The molecule has 0 aliphatic carbocycles. The average Bonchev–Trinajstić information content (AvgIpc) is 2.26. The van der Waals surface area contributed by atoms with E-state index in [0.29, 0.717) is 0 Å². The number of hydrogen-bond donors (Lipinski definition) is 0. The zero-order valence-corrected chi connectivity index (χ0v) is 9.10. The maximum Gasteiger partial charge on any atom is 0.316 e. The molecule has 0 unspecified atom stereocenters. The van der Waals surface area contributed by atoms with Crippen LogP contribution in [0.1, 0.15) is 6.42 Å². The quantitative estimate of drug-likeness (QED) is 0.664. The Bertz CT molecular complexity index is 273. The van der Waals surface area contributed by atoms with Gasteiger partial charge in [0, 0.05) is 6.54 Å². The number of rotatable bonds is 3. The number of nitrogens with zero attached hydrogens (tertiary/aromatic N) is 1. The minimum atomic E-state index is -0.251. The molecule has 0 aromatic heterocycles. The van der Waals surface area contributed by atoms with Crippen molar-refractivity contribution in [2.75, 3.05) is 26.5 Å². The Morgan fingerprint density at radius 1 is 1.64 bits per heavy atom. The van der Waals surface area contributed by atoms with Gasteiger partial charge in [-0.2, -0.15) is 0 Å². The number of thioether (sulfide) groups is 1. The van der Waals surface area contributed by atoms with E-state index in [1.165, 1.54) is 18.9 Å². The first kappa shape index (κ1) is 11.1. The molecule has 0 saturated carbocycles. The van der Waals surface area contributed by atoms with Gasteiger partial charge in [0.15, 0.2) is 0 Å². The summed E-state index contributed by atoms with van der Waals surface area (Å²) in [5.74, 6) is 0.777. The van der Waals surface area contributed by atoms with Crippen molar-refractivity contribution in [2.45, 2.75) is 6.42 Å². The molecule has 0 aromatic carbocycles. The minimum absolute atomic E-state index is 0.251. The third-order valence-electron chi connectivity index (χ3n) is 1.70. The number of hydrogen-bond acceptors (Lipinski definition) is 5. The topological polar surface area (TPSA) is 47.9 Å². The molecule has 0 N–H and O–H groups in total. The van der Waals surface area contributed by atoms with Gasteiger partial charge in [0.1, 0.15) is 10.8 Å². The second kappa shape index (κ2) is 5.70. The van der Waals surface area contributed by atoms with Gasteiger partial charge < -0.3 is 9.47 Å². The van der Waals surface area contributed by atoms with Crippen molar-refractivity contribution < 1.29 is 14.3 Å². The standard InChI is InChI=1S/C9H13NO3S/c1-12-7-4-3-5-10-9(7)14-6-8(11)13-2/h4H,3,5-6H2,1-2H3. The first-order chi connectivity index (χ1) is 6.77.